The Morgan fingerprint density at radius 2 is 1.75 bits per heavy atom. The van der Waals surface area contributed by atoms with E-state index >= 15 is 0 Å². The van der Waals surface area contributed by atoms with Crippen LogP contribution >= 0.6 is 0 Å². The molecule has 0 radical (unpaired) electrons. The van der Waals surface area contributed by atoms with Crippen LogP contribution in [0.4, 0.5) is 0 Å². The summed E-state index contributed by atoms with van der Waals surface area (Å²) in [5, 5.41) is 5.52. The molecule has 1 aromatic rings. The molecular formula is C15H23N3O2. The van der Waals surface area contributed by atoms with Crippen LogP contribution in [-0.2, 0) is 4.79 Å². The van der Waals surface area contributed by atoms with Gasteiger partial charge in [-0.3, -0.25) is 9.59 Å². The molecular weight excluding hydrogens is 254 g/mol. The quantitative estimate of drug-likeness (QED) is 0.645. The van der Waals surface area contributed by atoms with Crippen LogP contribution in [0, 0.1) is 12.8 Å². The van der Waals surface area contributed by atoms with Crippen molar-refractivity contribution >= 4 is 11.8 Å². The lowest BCUT2D eigenvalue weighted by atomic mass is 10.1. The Hall–Kier alpha value is -1.88. The molecule has 1 aromatic carbocycles. The molecule has 0 aliphatic carbocycles. The maximum Gasteiger partial charge on any atom is 0.251 e. The number of hydrogen-bond donors (Lipinski definition) is 3. The first-order chi connectivity index (χ1) is 9.52. The van der Waals surface area contributed by atoms with E-state index in [0.29, 0.717) is 31.6 Å². The summed E-state index contributed by atoms with van der Waals surface area (Å²) < 4.78 is 0. The van der Waals surface area contributed by atoms with Gasteiger partial charge in [-0.25, -0.2) is 0 Å². The second kappa shape index (κ2) is 8.32. The van der Waals surface area contributed by atoms with Gasteiger partial charge < -0.3 is 16.4 Å². The monoisotopic (exact) mass is 277 g/mol. The second-order valence-electron chi connectivity index (χ2n) is 5.02. The Labute approximate surface area is 119 Å². The zero-order valence-electron chi connectivity index (χ0n) is 12.1. The molecule has 0 aromatic heterocycles. The van der Waals surface area contributed by atoms with E-state index in [1.807, 2.05) is 26.0 Å². The van der Waals surface area contributed by atoms with Crippen molar-refractivity contribution < 1.29 is 9.59 Å². The number of carbonyl (C=O) groups excluding carboxylic acids is 2. The summed E-state index contributed by atoms with van der Waals surface area (Å²) in [7, 11) is 0. The summed E-state index contributed by atoms with van der Waals surface area (Å²) in [6, 6.07) is 7.36. The molecule has 0 spiro atoms. The lowest BCUT2D eigenvalue weighted by Gasteiger charge is -2.10. The fourth-order valence-electron chi connectivity index (χ4n) is 1.66. The molecule has 20 heavy (non-hydrogen) atoms. The number of aryl methyl sites for hydroxylation is 1. The van der Waals surface area contributed by atoms with E-state index in [9.17, 15) is 9.59 Å². The van der Waals surface area contributed by atoms with Gasteiger partial charge in [0.05, 0.1) is 0 Å². The maximum absolute atomic E-state index is 11.8. The van der Waals surface area contributed by atoms with Crippen LogP contribution in [0.5, 0.6) is 0 Å². The number of nitrogens with two attached hydrogens (primary N) is 1. The average Bonchev–Trinajstić information content (AvgIpc) is 2.44. The Morgan fingerprint density at radius 3 is 2.35 bits per heavy atom. The SMILES string of the molecule is Cc1ccc(C(=O)NCCNC(=O)CC(C)CN)cc1. The van der Waals surface area contributed by atoms with Gasteiger partial charge in [0.15, 0.2) is 0 Å². The topological polar surface area (TPSA) is 84.2 Å². The van der Waals surface area contributed by atoms with Crippen molar-refractivity contribution in [3.63, 3.8) is 0 Å². The summed E-state index contributed by atoms with van der Waals surface area (Å²) in [4.78, 5) is 23.3. The molecule has 1 rings (SSSR count). The fraction of sp³-hybridized carbons (Fsp3) is 0.467. The summed E-state index contributed by atoms with van der Waals surface area (Å²) in [5.41, 5.74) is 7.19. The molecule has 0 saturated carbocycles. The van der Waals surface area contributed by atoms with Crippen LogP contribution in [0.2, 0.25) is 0 Å². The first-order valence-electron chi connectivity index (χ1n) is 6.84. The van der Waals surface area contributed by atoms with E-state index in [-0.39, 0.29) is 17.7 Å². The molecule has 0 bridgehead atoms. The molecule has 5 heteroatoms. The number of hydrogen-bond acceptors (Lipinski definition) is 3. The normalized spacial score (nSPS) is 11.8. The van der Waals surface area contributed by atoms with Gasteiger partial charge in [0, 0.05) is 25.1 Å². The number of benzene rings is 1. The van der Waals surface area contributed by atoms with Crippen LogP contribution in [0.1, 0.15) is 29.3 Å². The smallest absolute Gasteiger partial charge is 0.251 e. The molecule has 1 unspecified atom stereocenters. The van der Waals surface area contributed by atoms with E-state index < -0.39 is 0 Å². The highest BCUT2D eigenvalue weighted by atomic mass is 16.2. The zero-order valence-corrected chi connectivity index (χ0v) is 12.1. The lowest BCUT2D eigenvalue weighted by Crippen LogP contribution is -2.35. The van der Waals surface area contributed by atoms with Crippen molar-refractivity contribution in [1.29, 1.82) is 0 Å². The average molecular weight is 277 g/mol. The molecule has 1 atom stereocenters. The summed E-state index contributed by atoms with van der Waals surface area (Å²) in [5.74, 6) is 0.0132. The van der Waals surface area contributed by atoms with E-state index in [1.54, 1.807) is 12.1 Å². The van der Waals surface area contributed by atoms with Gasteiger partial charge in [-0.05, 0) is 31.5 Å². The Bertz CT molecular complexity index is 443. The highest BCUT2D eigenvalue weighted by Crippen LogP contribution is 2.02. The van der Waals surface area contributed by atoms with Gasteiger partial charge in [-0.1, -0.05) is 24.6 Å². The number of rotatable bonds is 7. The second-order valence-corrected chi connectivity index (χ2v) is 5.02. The van der Waals surface area contributed by atoms with Crippen molar-refractivity contribution in [2.75, 3.05) is 19.6 Å². The first-order valence-corrected chi connectivity index (χ1v) is 6.84. The van der Waals surface area contributed by atoms with Crippen LogP contribution in [-0.4, -0.2) is 31.4 Å². The van der Waals surface area contributed by atoms with Crippen molar-refractivity contribution in [3.05, 3.63) is 35.4 Å². The lowest BCUT2D eigenvalue weighted by molar-refractivity contribution is -0.121. The number of nitrogens with one attached hydrogen (secondary N) is 2. The van der Waals surface area contributed by atoms with Gasteiger partial charge in [-0.2, -0.15) is 0 Å². The summed E-state index contributed by atoms with van der Waals surface area (Å²) >= 11 is 0. The Morgan fingerprint density at radius 1 is 1.15 bits per heavy atom. The fourth-order valence-corrected chi connectivity index (χ4v) is 1.66. The van der Waals surface area contributed by atoms with Crippen molar-refractivity contribution in [1.82, 2.24) is 10.6 Å². The number of carbonyl (C=O) groups is 2. The molecule has 0 saturated heterocycles. The molecule has 110 valence electrons. The number of amides is 2. The Kier molecular flexibility index (Phi) is 6.73. The van der Waals surface area contributed by atoms with E-state index in [4.69, 9.17) is 5.73 Å². The molecule has 2 amide bonds. The van der Waals surface area contributed by atoms with Gasteiger partial charge in [0.1, 0.15) is 0 Å². The third kappa shape index (κ3) is 5.84. The first kappa shape index (κ1) is 16.2. The van der Waals surface area contributed by atoms with E-state index in [1.165, 1.54) is 0 Å². The molecule has 0 aliphatic rings. The third-order valence-corrected chi connectivity index (χ3v) is 2.98. The van der Waals surface area contributed by atoms with E-state index in [2.05, 4.69) is 10.6 Å². The van der Waals surface area contributed by atoms with Gasteiger partial charge in [0.25, 0.3) is 5.91 Å². The van der Waals surface area contributed by atoms with Crippen LogP contribution < -0.4 is 16.4 Å². The van der Waals surface area contributed by atoms with Crippen molar-refractivity contribution in [3.8, 4) is 0 Å². The largest absolute Gasteiger partial charge is 0.354 e. The molecule has 4 N–H and O–H groups in total. The Balaban J connectivity index is 2.22. The van der Waals surface area contributed by atoms with E-state index in [0.717, 1.165) is 5.56 Å². The molecule has 0 aliphatic heterocycles. The predicted octanol–water partition coefficient (Wildman–Crippen LogP) is 0.826. The van der Waals surface area contributed by atoms with Gasteiger partial charge in [0.2, 0.25) is 5.91 Å². The molecule has 0 heterocycles. The van der Waals surface area contributed by atoms with Crippen molar-refractivity contribution in [2.24, 2.45) is 11.7 Å². The van der Waals surface area contributed by atoms with Crippen LogP contribution in [0.3, 0.4) is 0 Å². The maximum atomic E-state index is 11.8. The van der Waals surface area contributed by atoms with Crippen molar-refractivity contribution in [2.45, 2.75) is 20.3 Å². The minimum Gasteiger partial charge on any atom is -0.354 e. The molecule has 0 fully saturated rings. The molecule has 5 nitrogen and oxygen atoms in total. The third-order valence-electron chi connectivity index (χ3n) is 2.98. The predicted molar refractivity (Wildman–Crippen MR) is 79.4 cm³/mol. The summed E-state index contributed by atoms with van der Waals surface area (Å²) in [6.45, 7) is 5.24. The standard InChI is InChI=1S/C15H23N3O2/c1-11-3-5-13(6-4-11)15(20)18-8-7-17-14(19)9-12(2)10-16/h3-6,12H,7-10,16H2,1-2H3,(H,17,19)(H,18,20). The zero-order chi connectivity index (χ0) is 15.0. The summed E-state index contributed by atoms with van der Waals surface area (Å²) in [6.07, 6.45) is 0.419. The minimum absolute atomic E-state index is 0.0347. The van der Waals surface area contributed by atoms with Crippen LogP contribution in [0.15, 0.2) is 24.3 Å². The highest BCUT2D eigenvalue weighted by molar-refractivity contribution is 5.94. The van der Waals surface area contributed by atoms with Gasteiger partial charge in [-0.15, -0.1) is 0 Å². The minimum atomic E-state index is -0.130. The van der Waals surface area contributed by atoms with Gasteiger partial charge >= 0.3 is 0 Å². The highest BCUT2D eigenvalue weighted by Gasteiger charge is 2.07. The van der Waals surface area contributed by atoms with Crippen LogP contribution in [0.25, 0.3) is 0 Å².